The molecule has 0 fully saturated rings. The van der Waals surface area contributed by atoms with E-state index in [1.54, 1.807) is 11.6 Å². The highest BCUT2D eigenvalue weighted by molar-refractivity contribution is 5.95. The van der Waals surface area contributed by atoms with Gasteiger partial charge in [-0.1, -0.05) is 6.07 Å². The van der Waals surface area contributed by atoms with Crippen LogP contribution in [0.2, 0.25) is 0 Å². The zero-order valence-electron chi connectivity index (χ0n) is 14.1. The second-order valence-electron chi connectivity index (χ2n) is 6.26. The van der Waals surface area contributed by atoms with Gasteiger partial charge in [-0.25, -0.2) is 8.78 Å². The first-order chi connectivity index (χ1) is 11.1. The lowest BCUT2D eigenvalue weighted by Crippen LogP contribution is -2.39. The summed E-state index contributed by atoms with van der Waals surface area (Å²) in [6.07, 6.45) is 1.46. The molecule has 0 saturated heterocycles. The molecule has 24 heavy (non-hydrogen) atoms. The molecule has 0 aliphatic heterocycles. The van der Waals surface area contributed by atoms with E-state index in [-0.39, 0.29) is 18.2 Å². The Morgan fingerprint density at radius 1 is 1.42 bits per heavy atom. The highest BCUT2D eigenvalue weighted by atomic mass is 19.1. The van der Waals surface area contributed by atoms with Crippen molar-refractivity contribution < 1.29 is 18.7 Å². The first kappa shape index (κ1) is 18.1. The molecule has 0 aliphatic carbocycles. The van der Waals surface area contributed by atoms with Crippen LogP contribution in [0.25, 0.3) is 0 Å². The van der Waals surface area contributed by atoms with Gasteiger partial charge in [-0.15, -0.1) is 0 Å². The van der Waals surface area contributed by atoms with Crippen LogP contribution in [0, 0.1) is 18.6 Å². The molecule has 1 heterocycles. The molecule has 1 amide bonds. The largest absolute Gasteiger partial charge is 0.383 e. The highest BCUT2D eigenvalue weighted by Crippen LogP contribution is 2.23. The summed E-state index contributed by atoms with van der Waals surface area (Å²) in [7, 11) is 0. The highest BCUT2D eigenvalue weighted by Gasteiger charge is 2.28. The lowest BCUT2D eigenvalue weighted by atomic mass is 9.95. The number of nitrogens with one attached hydrogen (secondary N) is 1. The Morgan fingerprint density at radius 2 is 2.08 bits per heavy atom. The Balaban J connectivity index is 2.13. The van der Waals surface area contributed by atoms with Gasteiger partial charge in [0.05, 0.1) is 18.3 Å². The molecule has 1 aromatic carbocycles. The van der Waals surface area contributed by atoms with Crippen LogP contribution in [0.15, 0.2) is 24.4 Å². The minimum atomic E-state index is -1.67. The van der Waals surface area contributed by atoms with Crippen molar-refractivity contribution in [3.05, 3.63) is 52.9 Å². The Bertz CT molecular complexity index is 754. The van der Waals surface area contributed by atoms with Crippen LogP contribution in [0.3, 0.4) is 0 Å². The minimum Gasteiger partial charge on any atom is -0.383 e. The third-order valence-electron chi connectivity index (χ3n) is 3.88. The fourth-order valence-electron chi connectivity index (χ4n) is 2.54. The molecule has 2 aromatic rings. The van der Waals surface area contributed by atoms with Crippen LogP contribution < -0.4 is 5.32 Å². The summed E-state index contributed by atoms with van der Waals surface area (Å²) in [5.41, 5.74) is -0.664. The molecular weight excluding hydrogens is 316 g/mol. The fraction of sp³-hybridized carbons (Fsp3) is 0.412. The Morgan fingerprint density at radius 3 is 2.62 bits per heavy atom. The van der Waals surface area contributed by atoms with E-state index in [0.29, 0.717) is 17.3 Å². The maximum absolute atomic E-state index is 13.8. The van der Waals surface area contributed by atoms with Crippen molar-refractivity contribution in [3.63, 3.8) is 0 Å². The predicted octanol–water partition coefficient (Wildman–Crippen LogP) is 2.69. The van der Waals surface area contributed by atoms with Gasteiger partial charge in [0.2, 0.25) is 0 Å². The Kier molecular flexibility index (Phi) is 5.03. The first-order valence-electron chi connectivity index (χ1n) is 7.63. The van der Waals surface area contributed by atoms with E-state index in [9.17, 15) is 18.7 Å². The summed E-state index contributed by atoms with van der Waals surface area (Å²) >= 11 is 0. The molecule has 0 aliphatic rings. The van der Waals surface area contributed by atoms with Gasteiger partial charge in [0.25, 0.3) is 5.91 Å². The molecular formula is C17H21F2N3O2. The summed E-state index contributed by atoms with van der Waals surface area (Å²) < 4.78 is 28.5. The molecule has 130 valence electrons. The van der Waals surface area contributed by atoms with Crippen molar-refractivity contribution in [1.82, 2.24) is 15.1 Å². The van der Waals surface area contributed by atoms with Crippen molar-refractivity contribution in [2.75, 3.05) is 6.54 Å². The van der Waals surface area contributed by atoms with Crippen molar-refractivity contribution in [2.24, 2.45) is 0 Å². The number of amides is 1. The number of nitrogens with zero attached hydrogens (tertiary/aromatic N) is 2. The second-order valence-corrected chi connectivity index (χ2v) is 6.26. The molecule has 0 bridgehead atoms. The number of halogens is 2. The topological polar surface area (TPSA) is 67.2 Å². The maximum atomic E-state index is 13.8. The van der Waals surface area contributed by atoms with E-state index in [4.69, 9.17) is 0 Å². The molecule has 0 saturated carbocycles. The zero-order chi connectivity index (χ0) is 18.1. The number of carbonyl (C=O) groups is 1. The molecule has 2 rings (SSSR count). The average Bonchev–Trinajstić information content (AvgIpc) is 2.86. The summed E-state index contributed by atoms with van der Waals surface area (Å²) in [4.78, 5) is 12.3. The van der Waals surface area contributed by atoms with Gasteiger partial charge in [-0.2, -0.15) is 5.10 Å². The van der Waals surface area contributed by atoms with Gasteiger partial charge in [0.15, 0.2) is 0 Å². The van der Waals surface area contributed by atoms with E-state index in [2.05, 4.69) is 10.4 Å². The smallest absolute Gasteiger partial charge is 0.254 e. The summed E-state index contributed by atoms with van der Waals surface area (Å²) in [6.45, 7) is 6.81. The maximum Gasteiger partial charge on any atom is 0.254 e. The van der Waals surface area contributed by atoms with Crippen molar-refractivity contribution in [2.45, 2.75) is 39.3 Å². The van der Waals surface area contributed by atoms with Crippen LogP contribution in [0.1, 0.15) is 48.4 Å². The molecule has 5 nitrogen and oxygen atoms in total. The van der Waals surface area contributed by atoms with Gasteiger partial charge in [-0.3, -0.25) is 9.48 Å². The van der Waals surface area contributed by atoms with Gasteiger partial charge in [0, 0.05) is 23.4 Å². The standard InChI is InChI=1S/C17H21F2N3O2/c1-10(2)22-11(3)13(8-21-22)16(23)20-9-17(4,24)14-6-5-12(18)7-15(14)19/h5-8,10,24H,9H2,1-4H3,(H,20,23). The summed E-state index contributed by atoms with van der Waals surface area (Å²) in [6, 6.07) is 3.04. The number of aliphatic hydroxyl groups is 1. The SMILES string of the molecule is Cc1c(C(=O)NCC(C)(O)c2ccc(F)cc2F)cnn1C(C)C. The summed E-state index contributed by atoms with van der Waals surface area (Å²) in [5.74, 6) is -2.01. The van der Waals surface area contributed by atoms with Crippen LogP contribution in [-0.2, 0) is 5.60 Å². The van der Waals surface area contributed by atoms with Gasteiger partial charge < -0.3 is 10.4 Å². The molecule has 1 atom stereocenters. The van der Waals surface area contributed by atoms with Crippen LogP contribution in [0.4, 0.5) is 8.78 Å². The van der Waals surface area contributed by atoms with E-state index in [1.807, 2.05) is 13.8 Å². The normalized spacial score (nSPS) is 13.8. The quantitative estimate of drug-likeness (QED) is 0.881. The van der Waals surface area contributed by atoms with Crippen LogP contribution in [-0.4, -0.2) is 27.3 Å². The molecule has 1 aromatic heterocycles. The molecule has 7 heteroatoms. The molecule has 2 N–H and O–H groups in total. The third kappa shape index (κ3) is 3.62. The minimum absolute atomic E-state index is 0.0844. The molecule has 1 unspecified atom stereocenters. The zero-order valence-corrected chi connectivity index (χ0v) is 14.1. The lowest BCUT2D eigenvalue weighted by molar-refractivity contribution is 0.0494. The van der Waals surface area contributed by atoms with Gasteiger partial charge >= 0.3 is 0 Å². The number of rotatable bonds is 5. The van der Waals surface area contributed by atoms with E-state index < -0.39 is 23.1 Å². The number of hydrogen-bond acceptors (Lipinski definition) is 3. The van der Waals surface area contributed by atoms with Gasteiger partial charge in [-0.05, 0) is 33.8 Å². The lowest BCUT2D eigenvalue weighted by Gasteiger charge is -2.24. The number of hydrogen-bond donors (Lipinski definition) is 2. The van der Waals surface area contributed by atoms with E-state index in [1.165, 1.54) is 19.2 Å². The average molecular weight is 337 g/mol. The summed E-state index contributed by atoms with van der Waals surface area (Å²) in [5, 5.41) is 17.1. The third-order valence-corrected chi connectivity index (χ3v) is 3.88. The first-order valence-corrected chi connectivity index (χ1v) is 7.63. The molecule has 0 radical (unpaired) electrons. The van der Waals surface area contributed by atoms with Gasteiger partial charge in [0.1, 0.15) is 17.2 Å². The van der Waals surface area contributed by atoms with Crippen molar-refractivity contribution in [1.29, 1.82) is 0 Å². The predicted molar refractivity (Wildman–Crippen MR) is 85.6 cm³/mol. The van der Waals surface area contributed by atoms with Crippen molar-refractivity contribution >= 4 is 5.91 Å². The van der Waals surface area contributed by atoms with Crippen molar-refractivity contribution in [3.8, 4) is 0 Å². The molecule has 0 spiro atoms. The second kappa shape index (κ2) is 6.68. The number of benzene rings is 1. The monoisotopic (exact) mass is 337 g/mol. The van der Waals surface area contributed by atoms with Crippen LogP contribution in [0.5, 0.6) is 0 Å². The number of aromatic nitrogens is 2. The Labute approximate surface area is 139 Å². The van der Waals surface area contributed by atoms with Crippen LogP contribution >= 0.6 is 0 Å². The Hall–Kier alpha value is -2.28. The fourth-order valence-corrected chi connectivity index (χ4v) is 2.54. The van der Waals surface area contributed by atoms with E-state index >= 15 is 0 Å². The number of carbonyl (C=O) groups excluding carboxylic acids is 1. The van der Waals surface area contributed by atoms with E-state index in [0.717, 1.165) is 6.07 Å².